The van der Waals surface area contributed by atoms with Gasteiger partial charge in [0.25, 0.3) is 0 Å². The van der Waals surface area contributed by atoms with Crippen LogP contribution in [0.4, 0.5) is 13.2 Å². The van der Waals surface area contributed by atoms with Crippen molar-refractivity contribution in [2.75, 3.05) is 40.3 Å². The van der Waals surface area contributed by atoms with Crippen LogP contribution >= 0.6 is 0 Å². The molecule has 1 heterocycles. The summed E-state index contributed by atoms with van der Waals surface area (Å²) in [6, 6.07) is 7.32. The highest BCUT2D eigenvalue weighted by atomic mass is 19.4. The smallest absolute Gasteiger partial charge is 0.401 e. The number of benzene rings is 1. The first-order chi connectivity index (χ1) is 12.8. The molecule has 0 saturated carbocycles. The van der Waals surface area contributed by atoms with Crippen molar-refractivity contribution in [2.45, 2.75) is 31.7 Å². The number of guanidine groups is 1. The normalized spacial score (nSPS) is 19.6. The summed E-state index contributed by atoms with van der Waals surface area (Å²) in [7, 11) is 3.21. The number of ether oxygens (including phenoxy) is 2. The summed E-state index contributed by atoms with van der Waals surface area (Å²) in [5, 5.41) is 6.32. The van der Waals surface area contributed by atoms with E-state index in [4.69, 9.17) is 9.47 Å². The lowest BCUT2D eigenvalue weighted by Crippen LogP contribution is -2.47. The monoisotopic (exact) mass is 388 g/mol. The fourth-order valence-corrected chi connectivity index (χ4v) is 2.95. The van der Waals surface area contributed by atoms with Crippen LogP contribution in [0.2, 0.25) is 0 Å². The van der Waals surface area contributed by atoms with E-state index in [0.29, 0.717) is 43.5 Å². The third-order valence-electron chi connectivity index (χ3n) is 4.19. The molecule has 1 aliphatic heterocycles. The van der Waals surface area contributed by atoms with E-state index >= 15 is 0 Å². The topological polar surface area (TPSA) is 58.1 Å². The Kier molecular flexibility index (Phi) is 7.58. The van der Waals surface area contributed by atoms with E-state index in [1.54, 1.807) is 14.2 Å². The largest absolute Gasteiger partial charge is 0.493 e. The molecule has 1 aliphatic rings. The maximum Gasteiger partial charge on any atom is 0.401 e. The van der Waals surface area contributed by atoms with Crippen LogP contribution in [0.15, 0.2) is 29.3 Å². The number of hydrogen-bond donors (Lipinski definition) is 2. The van der Waals surface area contributed by atoms with Crippen LogP contribution < -0.4 is 20.1 Å². The van der Waals surface area contributed by atoms with Gasteiger partial charge in [0.15, 0.2) is 17.5 Å². The van der Waals surface area contributed by atoms with Gasteiger partial charge in [-0.25, -0.2) is 0 Å². The van der Waals surface area contributed by atoms with Crippen molar-refractivity contribution in [3.8, 4) is 11.5 Å². The van der Waals surface area contributed by atoms with Gasteiger partial charge >= 0.3 is 6.18 Å². The van der Waals surface area contributed by atoms with Crippen molar-refractivity contribution in [3.05, 3.63) is 24.3 Å². The maximum absolute atomic E-state index is 12.5. The van der Waals surface area contributed by atoms with Crippen LogP contribution in [-0.2, 0) is 0 Å². The van der Waals surface area contributed by atoms with Gasteiger partial charge in [0.05, 0.1) is 20.2 Å². The molecule has 1 aromatic rings. The average molecular weight is 388 g/mol. The third-order valence-corrected chi connectivity index (χ3v) is 4.19. The average Bonchev–Trinajstić information content (AvgIpc) is 3.04. The van der Waals surface area contributed by atoms with Crippen molar-refractivity contribution in [1.82, 2.24) is 15.5 Å². The van der Waals surface area contributed by atoms with Crippen LogP contribution in [-0.4, -0.2) is 69.5 Å². The van der Waals surface area contributed by atoms with Crippen molar-refractivity contribution < 1.29 is 22.6 Å². The van der Waals surface area contributed by atoms with Gasteiger partial charge in [-0.1, -0.05) is 12.1 Å². The number of hydrogen-bond acceptors (Lipinski definition) is 4. The molecule has 1 fully saturated rings. The summed E-state index contributed by atoms with van der Waals surface area (Å²) in [5.74, 6) is 1.85. The number of para-hydroxylation sites is 2. The predicted octanol–water partition coefficient (Wildman–Crippen LogP) is 2.26. The van der Waals surface area contributed by atoms with Gasteiger partial charge in [0, 0.05) is 26.2 Å². The van der Waals surface area contributed by atoms with Crippen LogP contribution in [0.5, 0.6) is 11.5 Å². The van der Waals surface area contributed by atoms with Gasteiger partial charge in [0.2, 0.25) is 0 Å². The van der Waals surface area contributed by atoms with Crippen LogP contribution in [0.3, 0.4) is 0 Å². The molecule has 0 amide bonds. The summed E-state index contributed by atoms with van der Waals surface area (Å²) in [4.78, 5) is 5.54. The first kappa shape index (κ1) is 21.1. The zero-order valence-electron chi connectivity index (χ0n) is 15.8. The summed E-state index contributed by atoms with van der Waals surface area (Å²) >= 11 is 0. The molecule has 6 nitrogen and oxygen atoms in total. The predicted molar refractivity (Wildman–Crippen MR) is 98.5 cm³/mol. The molecule has 0 aromatic heterocycles. The first-order valence-corrected chi connectivity index (χ1v) is 8.86. The minimum atomic E-state index is -4.17. The van der Waals surface area contributed by atoms with E-state index in [9.17, 15) is 13.2 Å². The van der Waals surface area contributed by atoms with Gasteiger partial charge in [-0.05, 0) is 25.5 Å². The van der Waals surface area contributed by atoms with Crippen molar-refractivity contribution >= 4 is 5.96 Å². The van der Waals surface area contributed by atoms with Crippen LogP contribution in [0, 0.1) is 0 Å². The van der Waals surface area contributed by atoms with Crippen LogP contribution in [0.1, 0.15) is 13.3 Å². The van der Waals surface area contributed by atoms with Gasteiger partial charge in [-0.15, -0.1) is 0 Å². The Morgan fingerprint density at radius 2 is 2.04 bits per heavy atom. The minimum absolute atomic E-state index is 0.0657. The molecular weight excluding hydrogens is 361 g/mol. The Hall–Kier alpha value is -2.16. The molecule has 0 radical (unpaired) electrons. The number of nitrogens with one attached hydrogen (secondary N) is 2. The molecule has 27 heavy (non-hydrogen) atoms. The Labute approximate surface area is 157 Å². The van der Waals surface area contributed by atoms with E-state index in [2.05, 4.69) is 15.6 Å². The molecule has 2 N–H and O–H groups in total. The quantitative estimate of drug-likeness (QED) is 0.554. The molecule has 0 aliphatic carbocycles. The lowest BCUT2D eigenvalue weighted by Gasteiger charge is -2.21. The Balaban J connectivity index is 1.77. The fourth-order valence-electron chi connectivity index (χ4n) is 2.95. The minimum Gasteiger partial charge on any atom is -0.493 e. The second kappa shape index (κ2) is 9.68. The molecule has 2 unspecified atom stereocenters. The summed E-state index contributed by atoms with van der Waals surface area (Å²) < 4.78 is 48.6. The van der Waals surface area contributed by atoms with E-state index in [0.717, 1.165) is 0 Å². The summed E-state index contributed by atoms with van der Waals surface area (Å²) in [6.45, 7) is 2.28. The number of likely N-dealkylation sites (tertiary alicyclic amines) is 1. The molecule has 2 rings (SSSR count). The number of alkyl halides is 3. The van der Waals surface area contributed by atoms with Crippen molar-refractivity contribution in [1.29, 1.82) is 0 Å². The van der Waals surface area contributed by atoms with Gasteiger partial charge in [-0.2, -0.15) is 13.2 Å². The molecule has 1 aromatic carbocycles. The number of methoxy groups -OCH3 is 1. The highest BCUT2D eigenvalue weighted by Crippen LogP contribution is 2.26. The number of nitrogens with zero attached hydrogens (tertiary/aromatic N) is 2. The lowest BCUT2D eigenvalue weighted by atomic mass is 10.3. The standard InChI is InChI=1S/C18H27F3N4O2/c1-13(27-16-7-5-4-6-15(16)26-3)10-23-17(22-2)24-14-8-9-25(11-14)12-18(19,20)21/h4-7,13-14H,8-12H2,1-3H3,(H2,22,23,24). The summed E-state index contributed by atoms with van der Waals surface area (Å²) in [6.07, 6.45) is -3.69. The third kappa shape index (κ3) is 7.16. The molecule has 0 spiro atoms. The van der Waals surface area contributed by atoms with E-state index < -0.39 is 12.7 Å². The molecule has 2 atom stereocenters. The number of aliphatic imine (C=N–C) groups is 1. The second-order valence-electron chi connectivity index (χ2n) is 6.51. The van der Waals surface area contributed by atoms with Crippen LogP contribution in [0.25, 0.3) is 0 Å². The number of halogens is 3. The highest BCUT2D eigenvalue weighted by Gasteiger charge is 2.34. The van der Waals surface area contributed by atoms with Gasteiger partial charge < -0.3 is 20.1 Å². The van der Waals surface area contributed by atoms with Gasteiger partial charge in [0.1, 0.15) is 6.10 Å². The lowest BCUT2D eigenvalue weighted by molar-refractivity contribution is -0.143. The van der Waals surface area contributed by atoms with E-state index in [1.807, 2.05) is 31.2 Å². The number of rotatable bonds is 7. The van der Waals surface area contributed by atoms with Gasteiger partial charge in [-0.3, -0.25) is 9.89 Å². The maximum atomic E-state index is 12.5. The molecular formula is C18H27F3N4O2. The Bertz CT molecular complexity index is 625. The molecule has 1 saturated heterocycles. The highest BCUT2D eigenvalue weighted by molar-refractivity contribution is 5.80. The van der Waals surface area contributed by atoms with E-state index in [-0.39, 0.29) is 12.1 Å². The zero-order chi connectivity index (χ0) is 19.9. The van der Waals surface area contributed by atoms with Crippen molar-refractivity contribution in [2.24, 2.45) is 4.99 Å². The zero-order valence-corrected chi connectivity index (χ0v) is 15.8. The Morgan fingerprint density at radius 3 is 2.67 bits per heavy atom. The first-order valence-electron chi connectivity index (χ1n) is 8.86. The Morgan fingerprint density at radius 1 is 1.33 bits per heavy atom. The van der Waals surface area contributed by atoms with E-state index in [1.165, 1.54) is 4.90 Å². The van der Waals surface area contributed by atoms with Crippen molar-refractivity contribution in [3.63, 3.8) is 0 Å². The molecule has 0 bridgehead atoms. The fraction of sp³-hybridized carbons (Fsp3) is 0.611. The SMILES string of the molecule is CN=C(NCC(C)Oc1ccccc1OC)NC1CCN(CC(F)(F)F)C1. The summed E-state index contributed by atoms with van der Waals surface area (Å²) in [5.41, 5.74) is 0. The second-order valence-corrected chi connectivity index (χ2v) is 6.51. The molecule has 9 heteroatoms. The molecule has 152 valence electrons.